The zero-order chi connectivity index (χ0) is 20.6. The van der Waals surface area contributed by atoms with Gasteiger partial charge in [-0.2, -0.15) is 18.3 Å². The van der Waals surface area contributed by atoms with Crippen LogP contribution in [0.5, 0.6) is 0 Å². The molecular weight excluding hydrogens is 381 g/mol. The molecule has 0 amide bonds. The third-order valence-corrected chi connectivity index (χ3v) is 5.00. The number of hydrogen-bond acceptors (Lipinski definition) is 5. The molecule has 1 aromatic carbocycles. The number of aromatic nitrogens is 3. The van der Waals surface area contributed by atoms with Gasteiger partial charge in [-0.15, -0.1) is 0 Å². The van der Waals surface area contributed by atoms with Crippen molar-refractivity contribution in [3.63, 3.8) is 0 Å². The molecule has 0 spiro atoms. The van der Waals surface area contributed by atoms with E-state index >= 15 is 0 Å². The summed E-state index contributed by atoms with van der Waals surface area (Å²) in [6.07, 6.45) is 1.97. The van der Waals surface area contributed by atoms with Crippen molar-refractivity contribution in [1.29, 1.82) is 0 Å². The van der Waals surface area contributed by atoms with Crippen LogP contribution in [0.2, 0.25) is 0 Å². The molecule has 1 aliphatic heterocycles. The highest BCUT2D eigenvalue weighted by molar-refractivity contribution is 5.76. The number of rotatable bonds is 4. The van der Waals surface area contributed by atoms with E-state index in [0.717, 1.165) is 42.7 Å². The predicted molar refractivity (Wildman–Crippen MR) is 106 cm³/mol. The molecule has 3 aromatic rings. The van der Waals surface area contributed by atoms with E-state index in [0.29, 0.717) is 11.4 Å². The number of halogens is 3. The van der Waals surface area contributed by atoms with Gasteiger partial charge in [-0.05, 0) is 60.9 Å². The number of hydrogen-bond donors (Lipinski definition) is 3. The lowest BCUT2D eigenvalue weighted by atomic mass is 10.0. The Hall–Kier alpha value is -3.07. The Morgan fingerprint density at radius 1 is 1.24 bits per heavy atom. The molecule has 6 nitrogen and oxygen atoms in total. The van der Waals surface area contributed by atoms with Crippen LogP contribution in [0.25, 0.3) is 11.1 Å². The Morgan fingerprint density at radius 2 is 2.07 bits per heavy atom. The van der Waals surface area contributed by atoms with E-state index in [-0.39, 0.29) is 5.69 Å². The molecule has 3 heterocycles. The highest BCUT2D eigenvalue weighted by atomic mass is 19.4. The summed E-state index contributed by atoms with van der Waals surface area (Å²) in [7, 11) is 0. The Labute approximate surface area is 165 Å². The van der Waals surface area contributed by atoms with Crippen LogP contribution in [-0.4, -0.2) is 27.7 Å². The number of nitrogen functional groups attached to an aromatic ring is 1. The van der Waals surface area contributed by atoms with E-state index in [1.54, 1.807) is 11.4 Å². The molecule has 2 aromatic heterocycles. The molecule has 0 bridgehead atoms. The minimum Gasteiger partial charge on any atom is -0.399 e. The molecule has 152 valence electrons. The Bertz CT molecular complexity index is 1070. The summed E-state index contributed by atoms with van der Waals surface area (Å²) in [4.78, 5) is 4.30. The van der Waals surface area contributed by atoms with Gasteiger partial charge in [0, 0.05) is 18.4 Å². The van der Waals surface area contributed by atoms with E-state index in [2.05, 4.69) is 26.8 Å². The molecule has 0 saturated heterocycles. The SMILES string of the molecule is C[C@@H](Nc1ncnn2cc(C3=CCNCC3)cc12)c1cc(N)cc(C(F)(F)F)c1. The summed E-state index contributed by atoms with van der Waals surface area (Å²) in [5, 5.41) is 10.7. The smallest absolute Gasteiger partial charge is 0.399 e. The summed E-state index contributed by atoms with van der Waals surface area (Å²) in [6, 6.07) is 5.14. The van der Waals surface area contributed by atoms with Crippen LogP contribution in [-0.2, 0) is 6.18 Å². The van der Waals surface area contributed by atoms with E-state index in [9.17, 15) is 13.2 Å². The number of nitrogens with one attached hydrogen (secondary N) is 2. The van der Waals surface area contributed by atoms with E-state index in [4.69, 9.17) is 5.73 Å². The van der Waals surface area contributed by atoms with E-state index in [1.807, 2.05) is 12.3 Å². The topological polar surface area (TPSA) is 80.3 Å². The second-order valence-electron chi connectivity index (χ2n) is 7.10. The van der Waals surface area contributed by atoms with E-state index < -0.39 is 17.8 Å². The maximum atomic E-state index is 13.1. The first kappa shape index (κ1) is 19.3. The molecule has 4 rings (SSSR count). The van der Waals surface area contributed by atoms with Crippen LogP contribution < -0.4 is 16.4 Å². The number of nitrogens with zero attached hydrogens (tertiary/aromatic N) is 3. The molecular formula is C20H21F3N6. The van der Waals surface area contributed by atoms with Crippen molar-refractivity contribution >= 4 is 22.6 Å². The molecule has 1 aliphatic rings. The molecule has 9 heteroatoms. The molecule has 0 unspecified atom stereocenters. The fourth-order valence-electron chi connectivity index (χ4n) is 3.48. The standard InChI is InChI=1S/C20H21F3N6/c1-12(14-6-16(20(21,22)23)9-17(24)7-14)28-19-18-8-15(10-29(18)27-11-26-19)13-2-4-25-5-3-13/h2,6-12,25H,3-5,24H2,1H3,(H,26,27,28)/t12-/m1/s1. The summed E-state index contributed by atoms with van der Waals surface area (Å²) >= 11 is 0. The van der Waals surface area contributed by atoms with Gasteiger partial charge in [0.2, 0.25) is 0 Å². The molecule has 4 N–H and O–H groups in total. The van der Waals surface area contributed by atoms with Crippen LogP contribution in [0.4, 0.5) is 24.7 Å². The van der Waals surface area contributed by atoms with Crippen molar-refractivity contribution < 1.29 is 13.2 Å². The van der Waals surface area contributed by atoms with Crippen LogP contribution in [0, 0.1) is 0 Å². The Balaban J connectivity index is 1.65. The number of alkyl halides is 3. The first-order chi connectivity index (χ1) is 13.8. The number of nitrogens with two attached hydrogens (primary N) is 1. The molecule has 0 radical (unpaired) electrons. The van der Waals surface area contributed by atoms with Crippen molar-refractivity contribution in [2.45, 2.75) is 25.6 Å². The number of benzene rings is 1. The highest BCUT2D eigenvalue weighted by Gasteiger charge is 2.31. The average Bonchev–Trinajstić information content (AvgIpc) is 3.13. The summed E-state index contributed by atoms with van der Waals surface area (Å²) in [6.45, 7) is 3.52. The van der Waals surface area contributed by atoms with Gasteiger partial charge in [0.05, 0.1) is 11.6 Å². The van der Waals surface area contributed by atoms with Gasteiger partial charge in [0.1, 0.15) is 11.8 Å². The van der Waals surface area contributed by atoms with Crippen LogP contribution >= 0.6 is 0 Å². The maximum Gasteiger partial charge on any atom is 0.416 e. The lowest BCUT2D eigenvalue weighted by molar-refractivity contribution is -0.137. The normalized spacial score (nSPS) is 15.9. The van der Waals surface area contributed by atoms with Gasteiger partial charge in [0.15, 0.2) is 5.82 Å². The molecule has 0 fully saturated rings. The van der Waals surface area contributed by atoms with Crippen molar-refractivity contribution in [2.75, 3.05) is 24.1 Å². The van der Waals surface area contributed by atoms with E-state index in [1.165, 1.54) is 18.0 Å². The van der Waals surface area contributed by atoms with Crippen molar-refractivity contribution in [3.05, 3.63) is 59.6 Å². The first-order valence-electron chi connectivity index (χ1n) is 9.29. The molecule has 29 heavy (non-hydrogen) atoms. The fraction of sp³-hybridized carbons (Fsp3) is 0.300. The second kappa shape index (κ2) is 7.40. The zero-order valence-electron chi connectivity index (χ0n) is 15.8. The van der Waals surface area contributed by atoms with Gasteiger partial charge < -0.3 is 16.4 Å². The molecule has 0 aliphatic carbocycles. The maximum absolute atomic E-state index is 13.1. The minimum absolute atomic E-state index is 0.0686. The van der Waals surface area contributed by atoms with Gasteiger partial charge in [-0.25, -0.2) is 9.50 Å². The molecule has 0 saturated carbocycles. The second-order valence-corrected chi connectivity index (χ2v) is 7.10. The van der Waals surface area contributed by atoms with Crippen molar-refractivity contribution in [1.82, 2.24) is 19.9 Å². The zero-order valence-corrected chi connectivity index (χ0v) is 15.8. The molecule has 1 atom stereocenters. The van der Waals surface area contributed by atoms with Gasteiger partial charge in [-0.1, -0.05) is 6.08 Å². The largest absolute Gasteiger partial charge is 0.416 e. The first-order valence-corrected chi connectivity index (χ1v) is 9.29. The van der Waals surface area contributed by atoms with Gasteiger partial charge in [0.25, 0.3) is 0 Å². The van der Waals surface area contributed by atoms with Gasteiger partial charge >= 0.3 is 6.18 Å². The third kappa shape index (κ3) is 4.04. The lowest BCUT2D eigenvalue weighted by Gasteiger charge is -2.18. The highest BCUT2D eigenvalue weighted by Crippen LogP contribution is 2.33. The quantitative estimate of drug-likeness (QED) is 0.577. The van der Waals surface area contributed by atoms with Crippen LogP contribution in [0.15, 0.2) is 42.9 Å². The number of fused-ring (bicyclic) bond motifs is 1. The summed E-state index contributed by atoms with van der Waals surface area (Å²) in [5.74, 6) is 0.546. The summed E-state index contributed by atoms with van der Waals surface area (Å²) < 4.78 is 41.1. The Kier molecular flexibility index (Phi) is 4.91. The van der Waals surface area contributed by atoms with Gasteiger partial charge in [-0.3, -0.25) is 0 Å². The lowest BCUT2D eigenvalue weighted by Crippen LogP contribution is -2.19. The van der Waals surface area contributed by atoms with Crippen molar-refractivity contribution in [3.8, 4) is 0 Å². The third-order valence-electron chi connectivity index (χ3n) is 5.00. The monoisotopic (exact) mass is 402 g/mol. The Morgan fingerprint density at radius 3 is 2.79 bits per heavy atom. The average molecular weight is 402 g/mol. The minimum atomic E-state index is -4.45. The fourth-order valence-corrected chi connectivity index (χ4v) is 3.48. The number of anilines is 2. The van der Waals surface area contributed by atoms with Crippen molar-refractivity contribution in [2.24, 2.45) is 0 Å². The predicted octanol–water partition coefficient (Wildman–Crippen LogP) is 3.88. The van der Waals surface area contributed by atoms with Crippen LogP contribution in [0.3, 0.4) is 0 Å². The summed E-state index contributed by atoms with van der Waals surface area (Å²) in [5.41, 5.74) is 8.48. The van der Waals surface area contributed by atoms with Crippen LogP contribution in [0.1, 0.15) is 36.1 Å².